The van der Waals surface area contributed by atoms with Crippen LogP contribution in [0.5, 0.6) is 0 Å². The van der Waals surface area contributed by atoms with Crippen LogP contribution in [-0.4, -0.2) is 96.7 Å². The van der Waals surface area contributed by atoms with Gasteiger partial charge in [-0.25, -0.2) is 9.13 Å². The highest BCUT2D eigenvalue weighted by atomic mass is 31.2. The summed E-state index contributed by atoms with van der Waals surface area (Å²) in [5, 5.41) is 10.6. The number of aliphatic hydroxyl groups excluding tert-OH is 1. The van der Waals surface area contributed by atoms with Gasteiger partial charge in [0.1, 0.15) is 19.3 Å². The number of allylic oxidation sites excluding steroid dienone is 4. The third-order valence-corrected chi connectivity index (χ3v) is 20.3. The van der Waals surface area contributed by atoms with Gasteiger partial charge in [0.2, 0.25) is 0 Å². The van der Waals surface area contributed by atoms with Crippen molar-refractivity contribution in [3.8, 4) is 0 Å². The summed E-state index contributed by atoms with van der Waals surface area (Å²) < 4.78 is 68.7. The topological polar surface area (TPSA) is 237 Å². The molecule has 590 valence electrons. The number of unbranched alkanes of at least 4 members (excludes halogenated alkanes) is 48. The lowest BCUT2D eigenvalue weighted by Crippen LogP contribution is -2.30. The molecule has 0 amide bonds. The van der Waals surface area contributed by atoms with Gasteiger partial charge in [-0.2, -0.15) is 0 Å². The Morgan fingerprint density at radius 3 is 0.820 bits per heavy atom. The number of phosphoric ester groups is 2. The molecule has 0 bridgehead atoms. The van der Waals surface area contributed by atoms with Gasteiger partial charge in [0.25, 0.3) is 0 Å². The lowest BCUT2D eigenvalue weighted by molar-refractivity contribution is -0.161. The van der Waals surface area contributed by atoms with Gasteiger partial charge >= 0.3 is 39.5 Å². The average molecular weight is 1460 g/mol. The number of rotatable bonds is 79. The number of esters is 4. The number of phosphoric acid groups is 2. The fourth-order valence-electron chi connectivity index (χ4n) is 12.0. The van der Waals surface area contributed by atoms with Crippen LogP contribution in [0.25, 0.3) is 0 Å². The molecule has 0 aromatic rings. The molecule has 0 rings (SSSR count). The molecule has 0 aromatic heterocycles. The van der Waals surface area contributed by atoms with Gasteiger partial charge in [-0.05, 0) is 57.3 Å². The maximum Gasteiger partial charge on any atom is 0.472 e. The van der Waals surface area contributed by atoms with E-state index >= 15 is 0 Å². The number of carbonyl (C=O) groups is 4. The SMILES string of the molecule is CCCCCC/C=C\C=C/CCCCCCCC(=O)OC[C@H](COP(=O)(O)OC[C@@H](O)COP(=O)(O)OC[C@@H](COC(=O)CCCCCCCCCCCCCCC)OC(=O)CCCCCCCCCCCCCCCCC)OC(=O)CCCCCCCCCCCCCCCCC(C)C. The summed E-state index contributed by atoms with van der Waals surface area (Å²) in [5.74, 6) is -1.34. The Morgan fingerprint density at radius 1 is 0.310 bits per heavy atom. The second-order valence-electron chi connectivity index (χ2n) is 29.0. The lowest BCUT2D eigenvalue weighted by Gasteiger charge is -2.21. The van der Waals surface area contributed by atoms with E-state index in [0.29, 0.717) is 25.7 Å². The van der Waals surface area contributed by atoms with Gasteiger partial charge < -0.3 is 33.8 Å². The van der Waals surface area contributed by atoms with Crippen molar-refractivity contribution in [2.24, 2.45) is 5.92 Å². The van der Waals surface area contributed by atoms with Gasteiger partial charge in [-0.15, -0.1) is 0 Å². The zero-order chi connectivity index (χ0) is 73.4. The summed E-state index contributed by atoms with van der Waals surface area (Å²) in [6.07, 6.45) is 67.2. The first-order valence-electron chi connectivity index (χ1n) is 41.5. The van der Waals surface area contributed by atoms with E-state index in [-0.39, 0.29) is 25.7 Å². The Kier molecular flexibility index (Phi) is 71.6. The summed E-state index contributed by atoms with van der Waals surface area (Å²) in [5.41, 5.74) is 0. The molecule has 0 saturated carbocycles. The second kappa shape index (κ2) is 73.4. The molecule has 0 aromatic carbocycles. The lowest BCUT2D eigenvalue weighted by atomic mass is 10.0. The van der Waals surface area contributed by atoms with Crippen LogP contribution in [0, 0.1) is 5.92 Å². The first-order valence-corrected chi connectivity index (χ1v) is 44.4. The van der Waals surface area contributed by atoms with Crippen molar-refractivity contribution < 1.29 is 80.2 Å². The minimum Gasteiger partial charge on any atom is -0.462 e. The monoisotopic (exact) mass is 1460 g/mol. The van der Waals surface area contributed by atoms with Crippen molar-refractivity contribution in [3.05, 3.63) is 24.3 Å². The standard InChI is InChI=1S/C81H154O17P2/c1-6-9-12-15-18-21-24-27-29-35-40-45-50-55-60-65-79(84)92-71-77(98-81(86)67-62-57-52-47-42-37-32-31-34-38-43-48-53-58-63-74(4)5)73-96-100(89,90)94-69-75(82)68-93-99(87,88)95-72-76(70-91-78(83)64-59-54-49-44-39-33-26-23-20-17-14-11-8-3)97-80(85)66-61-56-51-46-41-36-30-28-25-22-19-16-13-10-7-2/h21,24,27,29,74-77,82H,6-20,22-23,25-26,28,30-73H2,1-5H3,(H,87,88)(H,89,90)/b24-21-,29-27-/t75-,76+,77+/m0/s1. The van der Waals surface area contributed by atoms with E-state index in [1.807, 2.05) is 0 Å². The minimum absolute atomic E-state index is 0.101. The van der Waals surface area contributed by atoms with E-state index in [2.05, 4.69) is 58.9 Å². The van der Waals surface area contributed by atoms with E-state index in [1.54, 1.807) is 0 Å². The van der Waals surface area contributed by atoms with Crippen LogP contribution < -0.4 is 0 Å². The fraction of sp³-hybridized carbons (Fsp3) is 0.901. The third-order valence-electron chi connectivity index (χ3n) is 18.4. The molecule has 2 unspecified atom stereocenters. The predicted molar refractivity (Wildman–Crippen MR) is 409 cm³/mol. The molecule has 0 fully saturated rings. The van der Waals surface area contributed by atoms with E-state index in [1.165, 1.54) is 212 Å². The molecule has 100 heavy (non-hydrogen) atoms. The van der Waals surface area contributed by atoms with Crippen molar-refractivity contribution in [2.45, 2.75) is 425 Å². The molecule has 0 spiro atoms. The molecular formula is C81H154O17P2. The maximum atomic E-state index is 13.1. The predicted octanol–water partition coefficient (Wildman–Crippen LogP) is 24.0. The van der Waals surface area contributed by atoms with Crippen LogP contribution in [0.4, 0.5) is 0 Å². The highest BCUT2D eigenvalue weighted by Gasteiger charge is 2.30. The van der Waals surface area contributed by atoms with Crippen LogP contribution >= 0.6 is 15.6 Å². The molecule has 19 heteroatoms. The van der Waals surface area contributed by atoms with Crippen molar-refractivity contribution in [3.63, 3.8) is 0 Å². The Labute approximate surface area is 612 Å². The van der Waals surface area contributed by atoms with Crippen LogP contribution in [0.2, 0.25) is 0 Å². The van der Waals surface area contributed by atoms with Gasteiger partial charge in [-0.1, -0.05) is 354 Å². The molecule has 0 radical (unpaired) electrons. The minimum atomic E-state index is -4.97. The summed E-state index contributed by atoms with van der Waals surface area (Å²) in [7, 11) is -9.93. The van der Waals surface area contributed by atoms with Crippen LogP contribution in [0.1, 0.15) is 407 Å². The second-order valence-corrected chi connectivity index (χ2v) is 31.9. The smallest absolute Gasteiger partial charge is 0.462 e. The maximum absolute atomic E-state index is 13.1. The number of ether oxygens (including phenoxy) is 4. The number of hydrogen-bond acceptors (Lipinski definition) is 15. The quantitative estimate of drug-likeness (QED) is 0.0169. The van der Waals surface area contributed by atoms with Crippen molar-refractivity contribution in [1.29, 1.82) is 0 Å². The molecular weight excluding hydrogens is 1310 g/mol. The van der Waals surface area contributed by atoms with Crippen LogP contribution in [0.15, 0.2) is 24.3 Å². The summed E-state index contributed by atoms with van der Waals surface area (Å²) in [6, 6.07) is 0. The third kappa shape index (κ3) is 73.8. The van der Waals surface area contributed by atoms with Crippen molar-refractivity contribution >= 4 is 39.5 Å². The normalized spacial score (nSPS) is 14.0. The number of hydrogen-bond donors (Lipinski definition) is 3. The molecule has 0 saturated heterocycles. The Balaban J connectivity index is 5.30. The number of carbonyl (C=O) groups excluding carboxylic acids is 4. The van der Waals surface area contributed by atoms with E-state index in [0.717, 1.165) is 115 Å². The van der Waals surface area contributed by atoms with Gasteiger partial charge in [0.15, 0.2) is 12.2 Å². The fourth-order valence-corrected chi connectivity index (χ4v) is 13.6. The first-order chi connectivity index (χ1) is 48.5. The zero-order valence-corrected chi connectivity index (χ0v) is 66.6. The van der Waals surface area contributed by atoms with Crippen LogP contribution in [0.3, 0.4) is 0 Å². The largest absolute Gasteiger partial charge is 0.472 e. The first kappa shape index (κ1) is 97.5. The van der Waals surface area contributed by atoms with Gasteiger partial charge in [-0.3, -0.25) is 37.3 Å². The van der Waals surface area contributed by atoms with E-state index in [4.69, 9.17) is 37.0 Å². The summed E-state index contributed by atoms with van der Waals surface area (Å²) in [4.78, 5) is 73.0. The van der Waals surface area contributed by atoms with Crippen molar-refractivity contribution in [1.82, 2.24) is 0 Å². The number of aliphatic hydroxyl groups is 1. The molecule has 3 N–H and O–H groups in total. The molecule has 0 aliphatic heterocycles. The van der Waals surface area contributed by atoms with E-state index < -0.39 is 97.5 Å². The van der Waals surface area contributed by atoms with Gasteiger partial charge in [0.05, 0.1) is 26.4 Å². The molecule has 5 atom stereocenters. The zero-order valence-electron chi connectivity index (χ0n) is 64.8. The van der Waals surface area contributed by atoms with E-state index in [9.17, 15) is 43.2 Å². The highest BCUT2D eigenvalue weighted by molar-refractivity contribution is 7.47. The van der Waals surface area contributed by atoms with Gasteiger partial charge in [0, 0.05) is 25.7 Å². The Morgan fingerprint density at radius 2 is 0.540 bits per heavy atom. The Bertz CT molecular complexity index is 2000. The molecule has 0 aliphatic rings. The van der Waals surface area contributed by atoms with Crippen LogP contribution in [-0.2, 0) is 65.4 Å². The molecule has 0 aliphatic carbocycles. The molecule has 17 nitrogen and oxygen atoms in total. The summed E-state index contributed by atoms with van der Waals surface area (Å²) in [6.45, 7) is 7.29. The summed E-state index contributed by atoms with van der Waals surface area (Å²) >= 11 is 0. The average Bonchev–Trinajstić information content (AvgIpc) is 0.924. The highest BCUT2D eigenvalue weighted by Crippen LogP contribution is 2.45. The molecule has 0 heterocycles. The van der Waals surface area contributed by atoms with Crippen molar-refractivity contribution in [2.75, 3.05) is 39.6 Å². The Hall–Kier alpha value is -2.46.